The van der Waals surface area contributed by atoms with Crippen LogP contribution in [0.1, 0.15) is 24.7 Å². The number of halogens is 2. The monoisotopic (exact) mass is 221 g/mol. The molecular formula is C8H13F2N3O2. The molecule has 0 fully saturated rings. The zero-order valence-electron chi connectivity index (χ0n) is 8.32. The lowest BCUT2D eigenvalue weighted by molar-refractivity contribution is 0.0182. The normalized spacial score (nSPS) is 13.4. The van der Waals surface area contributed by atoms with Crippen LogP contribution in [0.2, 0.25) is 0 Å². The van der Waals surface area contributed by atoms with E-state index in [1.807, 2.05) is 0 Å². The zero-order chi connectivity index (χ0) is 11.3. The van der Waals surface area contributed by atoms with E-state index in [-0.39, 0.29) is 12.6 Å². The zero-order valence-corrected chi connectivity index (χ0v) is 8.32. The predicted molar refractivity (Wildman–Crippen MR) is 47.4 cm³/mol. The Morgan fingerprint density at radius 3 is 2.80 bits per heavy atom. The van der Waals surface area contributed by atoms with Crippen molar-refractivity contribution in [1.29, 1.82) is 0 Å². The van der Waals surface area contributed by atoms with E-state index in [9.17, 15) is 8.78 Å². The first-order valence-corrected chi connectivity index (χ1v) is 4.53. The highest BCUT2D eigenvalue weighted by atomic mass is 19.3. The molecule has 0 amide bonds. The Kier molecular flexibility index (Phi) is 4.57. The van der Waals surface area contributed by atoms with Gasteiger partial charge in [0, 0.05) is 6.42 Å². The molecule has 0 aliphatic rings. The Morgan fingerprint density at radius 1 is 1.53 bits per heavy atom. The molecule has 1 atom stereocenters. The number of hydrogen-bond acceptors (Lipinski definition) is 5. The van der Waals surface area contributed by atoms with Crippen molar-refractivity contribution in [3.8, 4) is 0 Å². The fraction of sp³-hybridized carbons (Fsp3) is 0.750. The lowest BCUT2D eigenvalue weighted by atomic mass is 10.3. The average Bonchev–Trinajstić information content (AvgIpc) is 2.60. The maximum atomic E-state index is 11.7. The van der Waals surface area contributed by atoms with Crippen molar-refractivity contribution in [3.05, 3.63) is 11.7 Å². The minimum atomic E-state index is -2.45. The second-order valence-corrected chi connectivity index (χ2v) is 3.05. The number of alkyl halides is 2. The molecule has 5 nitrogen and oxygen atoms in total. The number of aromatic nitrogens is 2. The second kappa shape index (κ2) is 5.72. The van der Waals surface area contributed by atoms with Gasteiger partial charge in [-0.3, -0.25) is 0 Å². The molecule has 0 unspecified atom stereocenters. The summed E-state index contributed by atoms with van der Waals surface area (Å²) in [6.07, 6.45) is -2.11. The van der Waals surface area contributed by atoms with E-state index >= 15 is 0 Å². The van der Waals surface area contributed by atoms with Crippen molar-refractivity contribution < 1.29 is 18.0 Å². The third-order valence-corrected chi connectivity index (χ3v) is 1.59. The van der Waals surface area contributed by atoms with Crippen LogP contribution in [0.5, 0.6) is 0 Å². The van der Waals surface area contributed by atoms with Gasteiger partial charge in [-0.05, 0) is 6.92 Å². The smallest absolute Gasteiger partial charge is 0.261 e. The fourth-order valence-corrected chi connectivity index (χ4v) is 0.890. The Labute approximate surface area is 85.6 Å². The predicted octanol–water partition coefficient (Wildman–Crippen LogP) is 0.914. The first kappa shape index (κ1) is 12.0. The summed E-state index contributed by atoms with van der Waals surface area (Å²) in [7, 11) is 0. The van der Waals surface area contributed by atoms with Gasteiger partial charge in [-0.15, -0.1) is 0 Å². The Hall–Kier alpha value is -1.08. The van der Waals surface area contributed by atoms with Crippen LogP contribution in [-0.4, -0.2) is 29.8 Å². The van der Waals surface area contributed by atoms with E-state index in [2.05, 4.69) is 14.9 Å². The second-order valence-electron chi connectivity index (χ2n) is 3.05. The molecular weight excluding hydrogens is 208 g/mol. The molecule has 15 heavy (non-hydrogen) atoms. The number of nitrogens with zero attached hydrogens (tertiary/aromatic N) is 2. The Morgan fingerprint density at radius 2 is 2.27 bits per heavy atom. The van der Waals surface area contributed by atoms with Crippen molar-refractivity contribution in [1.82, 2.24) is 10.1 Å². The highest BCUT2D eigenvalue weighted by Gasteiger charge is 2.10. The standard InChI is InChI=1S/C8H13F2N3O2/c1-5(11)8-12-7(13-15-8)2-3-14-4-6(9)10/h5-6H,2-4,11H2,1H3/t5-/m0/s1. The molecule has 0 aromatic carbocycles. The lowest BCUT2D eigenvalue weighted by Crippen LogP contribution is -2.08. The molecule has 0 saturated carbocycles. The molecule has 7 heteroatoms. The van der Waals surface area contributed by atoms with Gasteiger partial charge in [-0.2, -0.15) is 4.98 Å². The number of ether oxygens (including phenoxy) is 1. The van der Waals surface area contributed by atoms with Crippen LogP contribution in [0.25, 0.3) is 0 Å². The van der Waals surface area contributed by atoms with Crippen LogP contribution >= 0.6 is 0 Å². The largest absolute Gasteiger partial charge is 0.375 e. The van der Waals surface area contributed by atoms with Crippen molar-refractivity contribution in [2.45, 2.75) is 25.8 Å². The summed E-state index contributed by atoms with van der Waals surface area (Å²) in [5.41, 5.74) is 5.49. The van der Waals surface area contributed by atoms with Crippen molar-refractivity contribution in [2.75, 3.05) is 13.2 Å². The summed E-state index contributed by atoms with van der Waals surface area (Å²) < 4.78 is 32.8. The van der Waals surface area contributed by atoms with Gasteiger partial charge in [0.05, 0.1) is 12.6 Å². The topological polar surface area (TPSA) is 74.2 Å². The van der Waals surface area contributed by atoms with E-state index in [4.69, 9.17) is 10.3 Å². The van der Waals surface area contributed by atoms with Gasteiger partial charge in [0.25, 0.3) is 6.43 Å². The molecule has 1 aromatic heterocycles. The Bertz CT molecular complexity index is 291. The highest BCUT2D eigenvalue weighted by molar-refractivity contribution is 4.90. The van der Waals surface area contributed by atoms with Crippen LogP contribution in [0, 0.1) is 0 Å². The van der Waals surface area contributed by atoms with Gasteiger partial charge in [-0.25, -0.2) is 8.78 Å². The summed E-state index contributed by atoms with van der Waals surface area (Å²) >= 11 is 0. The number of nitrogens with two attached hydrogens (primary N) is 1. The van der Waals surface area contributed by atoms with E-state index in [0.29, 0.717) is 18.1 Å². The van der Waals surface area contributed by atoms with Crippen LogP contribution in [0.15, 0.2) is 4.52 Å². The maximum absolute atomic E-state index is 11.7. The Balaban J connectivity index is 2.26. The number of rotatable bonds is 6. The maximum Gasteiger partial charge on any atom is 0.261 e. The van der Waals surface area contributed by atoms with Gasteiger partial charge in [0.1, 0.15) is 6.61 Å². The molecule has 0 spiro atoms. The van der Waals surface area contributed by atoms with Gasteiger partial charge >= 0.3 is 0 Å². The van der Waals surface area contributed by atoms with E-state index < -0.39 is 13.0 Å². The average molecular weight is 221 g/mol. The van der Waals surface area contributed by atoms with Crippen molar-refractivity contribution >= 4 is 0 Å². The first-order valence-electron chi connectivity index (χ1n) is 4.53. The SMILES string of the molecule is C[C@H](N)c1nc(CCOCC(F)F)no1. The van der Waals surface area contributed by atoms with Gasteiger partial charge < -0.3 is 15.0 Å². The molecule has 2 N–H and O–H groups in total. The first-order chi connectivity index (χ1) is 7.09. The molecule has 0 aliphatic carbocycles. The third-order valence-electron chi connectivity index (χ3n) is 1.59. The molecule has 0 aliphatic heterocycles. The molecule has 0 radical (unpaired) electrons. The molecule has 1 rings (SSSR count). The molecule has 86 valence electrons. The summed E-state index contributed by atoms with van der Waals surface area (Å²) in [5.74, 6) is 0.746. The van der Waals surface area contributed by atoms with Crippen LogP contribution in [0.3, 0.4) is 0 Å². The quantitative estimate of drug-likeness (QED) is 0.723. The molecule has 1 aromatic rings. The van der Waals surface area contributed by atoms with Gasteiger partial charge in [0.2, 0.25) is 5.89 Å². The van der Waals surface area contributed by atoms with Crippen molar-refractivity contribution in [2.24, 2.45) is 5.73 Å². The van der Waals surface area contributed by atoms with E-state index in [1.165, 1.54) is 0 Å². The molecule has 0 saturated heterocycles. The molecule has 0 bridgehead atoms. The van der Waals surface area contributed by atoms with Crippen LogP contribution < -0.4 is 5.73 Å². The summed E-state index contributed by atoms with van der Waals surface area (Å²) in [6, 6.07) is -0.326. The number of hydrogen-bond donors (Lipinski definition) is 1. The molecule has 1 heterocycles. The highest BCUT2D eigenvalue weighted by Crippen LogP contribution is 2.06. The minimum Gasteiger partial charge on any atom is -0.375 e. The summed E-state index contributed by atoms with van der Waals surface area (Å²) in [6.45, 7) is 1.28. The van der Waals surface area contributed by atoms with E-state index in [0.717, 1.165) is 0 Å². The summed E-state index contributed by atoms with van der Waals surface area (Å²) in [4.78, 5) is 3.96. The summed E-state index contributed by atoms with van der Waals surface area (Å²) in [5, 5.41) is 3.62. The van der Waals surface area contributed by atoms with Crippen LogP contribution in [-0.2, 0) is 11.2 Å². The minimum absolute atomic E-state index is 0.141. The fourth-order valence-electron chi connectivity index (χ4n) is 0.890. The van der Waals surface area contributed by atoms with Crippen LogP contribution in [0.4, 0.5) is 8.78 Å². The van der Waals surface area contributed by atoms with E-state index in [1.54, 1.807) is 6.92 Å². The van der Waals surface area contributed by atoms with Gasteiger partial charge in [0.15, 0.2) is 5.82 Å². The lowest BCUT2D eigenvalue weighted by Gasteiger charge is -1.99. The van der Waals surface area contributed by atoms with Crippen molar-refractivity contribution in [3.63, 3.8) is 0 Å². The van der Waals surface area contributed by atoms with Gasteiger partial charge in [-0.1, -0.05) is 5.16 Å². The third kappa shape index (κ3) is 4.30.